The molecule has 1 aromatic rings. The summed E-state index contributed by atoms with van der Waals surface area (Å²) in [5, 5.41) is 0. The van der Waals surface area contributed by atoms with Gasteiger partial charge in [-0.25, -0.2) is 12.7 Å². The Morgan fingerprint density at radius 1 is 1.13 bits per heavy atom. The Hall–Kier alpha value is -0.830. The number of hydrogen-bond acceptors (Lipinski definition) is 3. The Kier molecular flexibility index (Phi) is 7.55. The van der Waals surface area contributed by atoms with Crippen LogP contribution in [0.1, 0.15) is 19.4 Å². The second-order valence-electron chi connectivity index (χ2n) is 6.07. The number of halogens is 4. The summed E-state index contributed by atoms with van der Waals surface area (Å²) in [7, 11) is -2.32. The van der Waals surface area contributed by atoms with Gasteiger partial charge in [0.05, 0.1) is 11.3 Å². The van der Waals surface area contributed by atoms with Gasteiger partial charge in [0.2, 0.25) is 10.0 Å². The van der Waals surface area contributed by atoms with E-state index in [1.54, 1.807) is 0 Å². The Morgan fingerprint density at radius 2 is 1.61 bits per heavy atom. The van der Waals surface area contributed by atoms with E-state index in [4.69, 9.17) is 5.73 Å². The summed E-state index contributed by atoms with van der Waals surface area (Å²) < 4.78 is 62.8. The summed E-state index contributed by atoms with van der Waals surface area (Å²) in [5.74, 6) is 0. The number of rotatable bonds is 6. The first kappa shape index (κ1) is 22.2. The molecule has 9 heteroatoms. The topological polar surface area (TPSA) is 63.4 Å². The molecule has 0 fully saturated rings. The molecule has 1 rings (SSSR count). The molecule has 134 valence electrons. The lowest BCUT2D eigenvalue weighted by atomic mass is 9.94. The summed E-state index contributed by atoms with van der Waals surface area (Å²) in [5.41, 5.74) is 5.22. The largest absolute Gasteiger partial charge is 0.393 e. The van der Waals surface area contributed by atoms with Gasteiger partial charge in [0, 0.05) is 13.6 Å². The van der Waals surface area contributed by atoms with Crippen LogP contribution in [0.5, 0.6) is 0 Å². The van der Waals surface area contributed by atoms with Gasteiger partial charge in [-0.1, -0.05) is 26.0 Å². The maximum atomic E-state index is 12.4. The lowest BCUT2D eigenvalue weighted by Gasteiger charge is -2.28. The Balaban J connectivity index is 0.00000484. The molecule has 0 aromatic heterocycles. The molecule has 2 N–H and O–H groups in total. The fraction of sp³-hybridized carbons (Fsp3) is 0.571. The molecular weight excluding hydrogens is 353 g/mol. The van der Waals surface area contributed by atoms with E-state index in [1.807, 2.05) is 13.8 Å². The van der Waals surface area contributed by atoms with Crippen LogP contribution in [0.4, 0.5) is 13.2 Å². The van der Waals surface area contributed by atoms with Crippen LogP contribution in [0.3, 0.4) is 0 Å². The summed E-state index contributed by atoms with van der Waals surface area (Å²) in [4.78, 5) is -0.0336. The maximum Gasteiger partial charge on any atom is 0.393 e. The van der Waals surface area contributed by atoms with E-state index >= 15 is 0 Å². The van der Waals surface area contributed by atoms with Gasteiger partial charge in [-0.3, -0.25) is 0 Å². The highest BCUT2D eigenvalue weighted by Gasteiger charge is 2.29. The van der Waals surface area contributed by atoms with E-state index < -0.39 is 28.0 Å². The molecule has 23 heavy (non-hydrogen) atoms. The van der Waals surface area contributed by atoms with E-state index in [2.05, 4.69) is 0 Å². The quantitative estimate of drug-likeness (QED) is 0.832. The van der Waals surface area contributed by atoms with Crippen LogP contribution in [0.25, 0.3) is 0 Å². The Morgan fingerprint density at radius 3 is 2.00 bits per heavy atom. The monoisotopic (exact) mass is 374 g/mol. The van der Waals surface area contributed by atoms with Crippen LogP contribution >= 0.6 is 12.4 Å². The summed E-state index contributed by atoms with van der Waals surface area (Å²) in [6.07, 6.45) is -5.40. The first-order valence-electron chi connectivity index (χ1n) is 6.69. The predicted octanol–water partition coefficient (Wildman–Crippen LogP) is 2.82. The number of benzene rings is 1. The Bertz CT molecular complexity index is 601. The minimum Gasteiger partial charge on any atom is -0.330 e. The van der Waals surface area contributed by atoms with Gasteiger partial charge < -0.3 is 5.73 Å². The van der Waals surface area contributed by atoms with Crippen LogP contribution in [-0.4, -0.2) is 39.0 Å². The predicted molar refractivity (Wildman–Crippen MR) is 86.1 cm³/mol. The van der Waals surface area contributed by atoms with Gasteiger partial charge in [0.1, 0.15) is 0 Å². The molecule has 0 spiro atoms. The molecule has 0 heterocycles. The van der Waals surface area contributed by atoms with Crippen molar-refractivity contribution >= 4 is 22.4 Å². The molecule has 0 radical (unpaired) electrons. The number of alkyl halides is 3. The summed E-state index contributed by atoms with van der Waals surface area (Å²) in [6, 6.07) is 4.76. The molecule has 0 bridgehead atoms. The first-order chi connectivity index (χ1) is 9.87. The molecule has 0 aliphatic carbocycles. The van der Waals surface area contributed by atoms with Crippen molar-refractivity contribution in [3.63, 3.8) is 0 Å². The number of sulfonamides is 1. The molecule has 0 saturated heterocycles. The number of hydrogen-bond donors (Lipinski definition) is 1. The highest BCUT2D eigenvalue weighted by Crippen LogP contribution is 2.24. The van der Waals surface area contributed by atoms with Crippen molar-refractivity contribution in [3.8, 4) is 0 Å². The Labute approximate surface area is 141 Å². The van der Waals surface area contributed by atoms with Gasteiger partial charge >= 0.3 is 6.18 Å². The average Bonchev–Trinajstić information content (AvgIpc) is 2.37. The van der Waals surface area contributed by atoms with E-state index in [1.165, 1.54) is 35.6 Å². The fourth-order valence-electron chi connectivity index (χ4n) is 1.94. The molecule has 4 nitrogen and oxygen atoms in total. The summed E-state index contributed by atoms with van der Waals surface area (Å²) in [6.45, 7) is 4.21. The highest BCUT2D eigenvalue weighted by molar-refractivity contribution is 7.89. The van der Waals surface area contributed by atoms with Crippen LogP contribution in [-0.2, 0) is 16.4 Å². The fourth-order valence-corrected chi connectivity index (χ4v) is 3.30. The van der Waals surface area contributed by atoms with Crippen LogP contribution in [0, 0.1) is 5.41 Å². The molecule has 1 aromatic carbocycles. The van der Waals surface area contributed by atoms with Crippen molar-refractivity contribution in [2.45, 2.75) is 31.3 Å². The highest BCUT2D eigenvalue weighted by atomic mass is 35.5. The van der Waals surface area contributed by atoms with E-state index in [9.17, 15) is 21.6 Å². The van der Waals surface area contributed by atoms with E-state index in [0.29, 0.717) is 6.54 Å². The van der Waals surface area contributed by atoms with E-state index in [0.717, 1.165) is 0 Å². The van der Waals surface area contributed by atoms with Gasteiger partial charge in [0.25, 0.3) is 0 Å². The standard InChI is InChI=1S/C14H21F3N2O2S.ClH/c1-13(2,9-18)10-19(3)22(20,21)12-6-4-11(5-7-12)8-14(15,16)17;/h4-7H,8-10,18H2,1-3H3;1H. The molecular formula is C14H22ClF3N2O2S. The van der Waals surface area contributed by atoms with Crippen LogP contribution < -0.4 is 5.73 Å². The third kappa shape index (κ3) is 6.66. The van der Waals surface area contributed by atoms with Crippen LogP contribution in [0.2, 0.25) is 0 Å². The zero-order chi connectivity index (χ0) is 17.2. The van der Waals surface area contributed by atoms with Gasteiger partial charge in [0.15, 0.2) is 0 Å². The normalized spacial score (nSPS) is 13.0. The van der Waals surface area contributed by atoms with Crippen molar-refractivity contribution < 1.29 is 21.6 Å². The molecule has 0 atom stereocenters. The number of nitrogens with zero attached hydrogens (tertiary/aromatic N) is 1. The lowest BCUT2D eigenvalue weighted by molar-refractivity contribution is -0.127. The molecule has 0 saturated carbocycles. The van der Waals surface area contributed by atoms with Gasteiger partial charge in [-0.15, -0.1) is 12.4 Å². The molecule has 0 aliphatic rings. The SMILES string of the molecule is CN(CC(C)(C)CN)S(=O)(=O)c1ccc(CC(F)(F)F)cc1.Cl. The second kappa shape index (κ2) is 7.83. The lowest BCUT2D eigenvalue weighted by Crippen LogP contribution is -2.39. The molecule has 0 amide bonds. The van der Waals surface area contributed by atoms with Crippen molar-refractivity contribution in [1.29, 1.82) is 0 Å². The average molecular weight is 375 g/mol. The van der Waals surface area contributed by atoms with Gasteiger partial charge in [-0.05, 0) is 29.7 Å². The minimum absolute atomic E-state index is 0. The maximum absolute atomic E-state index is 12.4. The molecule has 0 unspecified atom stereocenters. The zero-order valence-electron chi connectivity index (χ0n) is 13.2. The third-order valence-corrected chi connectivity index (χ3v) is 5.06. The van der Waals surface area contributed by atoms with Crippen LogP contribution in [0.15, 0.2) is 29.2 Å². The first-order valence-corrected chi connectivity index (χ1v) is 8.13. The van der Waals surface area contributed by atoms with Crippen molar-refractivity contribution in [2.24, 2.45) is 11.1 Å². The third-order valence-electron chi connectivity index (χ3n) is 3.24. The smallest absolute Gasteiger partial charge is 0.330 e. The molecule has 0 aliphatic heterocycles. The zero-order valence-corrected chi connectivity index (χ0v) is 14.9. The van der Waals surface area contributed by atoms with Crippen molar-refractivity contribution in [2.75, 3.05) is 20.1 Å². The van der Waals surface area contributed by atoms with E-state index in [-0.39, 0.29) is 29.4 Å². The number of nitrogens with two attached hydrogens (primary N) is 1. The van der Waals surface area contributed by atoms with Gasteiger partial charge in [-0.2, -0.15) is 13.2 Å². The summed E-state index contributed by atoms with van der Waals surface area (Å²) >= 11 is 0. The van der Waals surface area contributed by atoms with Crippen molar-refractivity contribution in [1.82, 2.24) is 4.31 Å². The minimum atomic E-state index is -4.32. The second-order valence-corrected chi connectivity index (χ2v) is 8.11. The van der Waals surface area contributed by atoms with Crippen molar-refractivity contribution in [3.05, 3.63) is 29.8 Å².